The Morgan fingerprint density at radius 1 is 1.50 bits per heavy atom. The molecule has 5 heteroatoms. The van der Waals surface area contributed by atoms with Crippen molar-refractivity contribution >= 4 is 27.6 Å². The Morgan fingerprint density at radius 2 is 2.20 bits per heavy atom. The highest BCUT2D eigenvalue weighted by Crippen LogP contribution is 2.37. The van der Waals surface area contributed by atoms with Crippen molar-refractivity contribution in [1.29, 1.82) is 0 Å². The minimum Gasteiger partial charge on any atom is -0.478 e. The standard InChI is InChI=1S/C15H19BrFNO2/c1-3-9-4-6-11(8(9)2)18-12-7-5-10(15(19)20)13(16)14(12)17/h5,7-9,11,18H,3-4,6H2,1-2H3,(H,19,20). The van der Waals surface area contributed by atoms with Crippen LogP contribution in [-0.4, -0.2) is 17.1 Å². The molecular formula is C15H19BrFNO2. The van der Waals surface area contributed by atoms with E-state index in [1.54, 1.807) is 0 Å². The van der Waals surface area contributed by atoms with Crippen molar-refractivity contribution in [3.8, 4) is 0 Å². The van der Waals surface area contributed by atoms with Crippen LogP contribution in [0, 0.1) is 17.7 Å². The van der Waals surface area contributed by atoms with E-state index in [1.807, 2.05) is 0 Å². The Kier molecular flexibility index (Phi) is 4.68. The Bertz CT molecular complexity index is 521. The van der Waals surface area contributed by atoms with Gasteiger partial charge in [0.15, 0.2) is 5.82 Å². The fourth-order valence-corrected chi connectivity index (χ4v) is 3.57. The van der Waals surface area contributed by atoms with Crippen LogP contribution in [0.5, 0.6) is 0 Å². The average molecular weight is 344 g/mol. The lowest BCUT2D eigenvalue weighted by Gasteiger charge is -2.22. The van der Waals surface area contributed by atoms with Gasteiger partial charge in [-0.1, -0.05) is 20.3 Å². The van der Waals surface area contributed by atoms with Gasteiger partial charge in [0.2, 0.25) is 0 Å². The van der Waals surface area contributed by atoms with Crippen LogP contribution in [0.15, 0.2) is 16.6 Å². The highest BCUT2D eigenvalue weighted by Gasteiger charge is 2.32. The first-order chi connectivity index (χ1) is 9.45. The topological polar surface area (TPSA) is 49.3 Å². The zero-order valence-electron chi connectivity index (χ0n) is 11.6. The summed E-state index contributed by atoms with van der Waals surface area (Å²) in [6.07, 6.45) is 3.33. The number of rotatable bonds is 4. The predicted molar refractivity (Wildman–Crippen MR) is 80.6 cm³/mol. The molecule has 0 bridgehead atoms. The molecule has 0 heterocycles. The minimum absolute atomic E-state index is 0.00712. The number of halogens is 2. The zero-order valence-corrected chi connectivity index (χ0v) is 13.2. The highest BCUT2D eigenvalue weighted by molar-refractivity contribution is 9.10. The second kappa shape index (κ2) is 6.12. The van der Waals surface area contributed by atoms with E-state index in [0.717, 1.165) is 19.3 Å². The summed E-state index contributed by atoms with van der Waals surface area (Å²) in [4.78, 5) is 10.9. The molecule has 2 rings (SSSR count). The van der Waals surface area contributed by atoms with Crippen molar-refractivity contribution in [1.82, 2.24) is 0 Å². The van der Waals surface area contributed by atoms with Crippen LogP contribution in [0.4, 0.5) is 10.1 Å². The van der Waals surface area contributed by atoms with Crippen LogP contribution in [0.3, 0.4) is 0 Å². The van der Waals surface area contributed by atoms with Crippen LogP contribution in [0.2, 0.25) is 0 Å². The molecule has 0 radical (unpaired) electrons. The number of hydrogen-bond acceptors (Lipinski definition) is 2. The molecule has 3 unspecified atom stereocenters. The molecule has 0 aromatic heterocycles. The summed E-state index contributed by atoms with van der Waals surface area (Å²) in [6, 6.07) is 3.18. The molecule has 0 saturated heterocycles. The summed E-state index contributed by atoms with van der Waals surface area (Å²) < 4.78 is 14.2. The largest absolute Gasteiger partial charge is 0.478 e. The van der Waals surface area contributed by atoms with Gasteiger partial charge in [-0.2, -0.15) is 0 Å². The summed E-state index contributed by atoms with van der Waals surface area (Å²) in [5, 5.41) is 12.2. The lowest BCUT2D eigenvalue weighted by Crippen LogP contribution is -2.25. The van der Waals surface area contributed by atoms with Crippen molar-refractivity contribution in [3.05, 3.63) is 28.0 Å². The van der Waals surface area contributed by atoms with Gasteiger partial charge < -0.3 is 10.4 Å². The maximum absolute atomic E-state index is 14.2. The van der Waals surface area contributed by atoms with Crippen molar-refractivity contribution in [2.45, 2.75) is 39.2 Å². The SMILES string of the molecule is CCC1CCC(Nc2ccc(C(=O)O)c(Br)c2F)C1C. The van der Waals surface area contributed by atoms with Gasteiger partial charge in [0.25, 0.3) is 0 Å². The van der Waals surface area contributed by atoms with Crippen molar-refractivity contribution in [2.75, 3.05) is 5.32 Å². The average Bonchev–Trinajstić information content (AvgIpc) is 2.75. The van der Waals surface area contributed by atoms with Crippen molar-refractivity contribution < 1.29 is 14.3 Å². The van der Waals surface area contributed by atoms with E-state index >= 15 is 0 Å². The zero-order chi connectivity index (χ0) is 14.9. The second-order valence-electron chi connectivity index (χ2n) is 5.45. The van der Waals surface area contributed by atoms with Crippen LogP contribution in [0.25, 0.3) is 0 Å². The number of carboxylic acid groups (broad SMARTS) is 1. The molecule has 3 atom stereocenters. The van der Waals surface area contributed by atoms with Gasteiger partial charge in [-0.3, -0.25) is 0 Å². The monoisotopic (exact) mass is 343 g/mol. The maximum atomic E-state index is 14.2. The third kappa shape index (κ3) is 2.82. The van der Waals surface area contributed by atoms with Crippen LogP contribution < -0.4 is 5.32 Å². The molecule has 1 fully saturated rings. The minimum atomic E-state index is -1.14. The fourth-order valence-electron chi connectivity index (χ4n) is 3.05. The first-order valence-electron chi connectivity index (χ1n) is 6.93. The lowest BCUT2D eigenvalue weighted by atomic mass is 9.93. The van der Waals surface area contributed by atoms with Gasteiger partial charge in [0.1, 0.15) is 0 Å². The molecule has 0 amide bonds. The number of aromatic carboxylic acids is 1. The van der Waals surface area contributed by atoms with E-state index < -0.39 is 11.8 Å². The van der Waals surface area contributed by atoms with E-state index in [-0.39, 0.29) is 16.1 Å². The summed E-state index contributed by atoms with van der Waals surface area (Å²) in [7, 11) is 0. The summed E-state index contributed by atoms with van der Waals surface area (Å²) >= 11 is 3.03. The fraction of sp³-hybridized carbons (Fsp3) is 0.533. The molecule has 1 aromatic carbocycles. The van der Waals surface area contributed by atoms with Gasteiger partial charge >= 0.3 is 5.97 Å². The molecule has 1 aliphatic carbocycles. The van der Waals surface area contributed by atoms with Gasteiger partial charge in [-0.25, -0.2) is 9.18 Å². The molecule has 2 N–H and O–H groups in total. The molecule has 110 valence electrons. The van der Waals surface area contributed by atoms with Crippen LogP contribution in [-0.2, 0) is 0 Å². The molecule has 1 aromatic rings. The Hall–Kier alpha value is -1.10. The van der Waals surface area contributed by atoms with Gasteiger partial charge in [-0.05, 0) is 52.7 Å². The number of nitrogens with one attached hydrogen (secondary N) is 1. The molecule has 3 nitrogen and oxygen atoms in total. The van der Waals surface area contributed by atoms with E-state index in [4.69, 9.17) is 5.11 Å². The van der Waals surface area contributed by atoms with E-state index in [2.05, 4.69) is 35.1 Å². The Labute approximate surface area is 126 Å². The van der Waals surface area contributed by atoms with Crippen LogP contribution >= 0.6 is 15.9 Å². The van der Waals surface area contributed by atoms with E-state index in [0.29, 0.717) is 17.5 Å². The first kappa shape index (κ1) is 15.3. The number of hydrogen-bond donors (Lipinski definition) is 2. The molecule has 0 aliphatic heterocycles. The number of benzene rings is 1. The van der Waals surface area contributed by atoms with Crippen molar-refractivity contribution in [3.63, 3.8) is 0 Å². The van der Waals surface area contributed by atoms with Gasteiger partial charge in [-0.15, -0.1) is 0 Å². The Balaban J connectivity index is 2.19. The quantitative estimate of drug-likeness (QED) is 0.844. The number of carboxylic acids is 1. The molecule has 20 heavy (non-hydrogen) atoms. The van der Waals surface area contributed by atoms with Gasteiger partial charge in [0, 0.05) is 6.04 Å². The number of carbonyl (C=O) groups is 1. The normalized spacial score (nSPS) is 25.7. The Morgan fingerprint density at radius 3 is 2.75 bits per heavy atom. The van der Waals surface area contributed by atoms with Gasteiger partial charge in [0.05, 0.1) is 15.7 Å². The van der Waals surface area contributed by atoms with Crippen LogP contribution in [0.1, 0.15) is 43.5 Å². The summed E-state index contributed by atoms with van der Waals surface area (Å²) in [5.74, 6) is -0.491. The summed E-state index contributed by atoms with van der Waals surface area (Å²) in [6.45, 7) is 4.37. The lowest BCUT2D eigenvalue weighted by molar-refractivity contribution is 0.0695. The van der Waals surface area contributed by atoms with E-state index in [1.165, 1.54) is 12.1 Å². The molecule has 0 spiro atoms. The molecular weight excluding hydrogens is 325 g/mol. The summed E-state index contributed by atoms with van der Waals surface area (Å²) in [5.41, 5.74) is 0.314. The maximum Gasteiger partial charge on any atom is 0.336 e. The second-order valence-corrected chi connectivity index (χ2v) is 6.24. The first-order valence-corrected chi connectivity index (χ1v) is 7.72. The van der Waals surface area contributed by atoms with Crippen molar-refractivity contribution in [2.24, 2.45) is 11.8 Å². The highest BCUT2D eigenvalue weighted by atomic mass is 79.9. The third-order valence-electron chi connectivity index (χ3n) is 4.40. The smallest absolute Gasteiger partial charge is 0.336 e. The predicted octanol–water partition coefficient (Wildman–Crippen LogP) is 4.52. The molecule has 1 saturated carbocycles. The number of anilines is 1. The van der Waals surface area contributed by atoms with E-state index in [9.17, 15) is 9.18 Å². The molecule has 1 aliphatic rings. The third-order valence-corrected chi connectivity index (χ3v) is 5.18.